The Hall–Kier alpha value is -1.40. The SMILES string of the molecule is CCc1cc2c(NCC(C)(C)O)nc(NC)nc2s1. The van der Waals surface area contributed by atoms with Crippen LogP contribution in [0.25, 0.3) is 10.2 Å². The molecule has 0 amide bonds. The molecule has 0 saturated heterocycles. The average Bonchev–Trinajstić information content (AvgIpc) is 2.77. The molecule has 2 aromatic heterocycles. The summed E-state index contributed by atoms with van der Waals surface area (Å²) in [7, 11) is 1.80. The molecule has 2 rings (SSSR count). The summed E-state index contributed by atoms with van der Waals surface area (Å²) in [5.41, 5.74) is -0.777. The van der Waals surface area contributed by atoms with Crippen molar-refractivity contribution in [2.75, 3.05) is 24.2 Å². The average molecular weight is 280 g/mol. The van der Waals surface area contributed by atoms with Crippen LogP contribution >= 0.6 is 11.3 Å². The Morgan fingerprint density at radius 2 is 2.11 bits per heavy atom. The molecule has 0 fully saturated rings. The van der Waals surface area contributed by atoms with Crippen LogP contribution in [0.15, 0.2) is 6.07 Å². The molecule has 0 radical (unpaired) electrons. The Labute approximate surface area is 117 Å². The maximum atomic E-state index is 9.81. The second-order valence-electron chi connectivity index (χ2n) is 5.10. The molecule has 0 aliphatic carbocycles. The van der Waals surface area contributed by atoms with Gasteiger partial charge >= 0.3 is 0 Å². The molecule has 0 spiro atoms. The van der Waals surface area contributed by atoms with Gasteiger partial charge in [-0.2, -0.15) is 4.98 Å². The number of nitrogens with zero attached hydrogens (tertiary/aromatic N) is 2. The highest BCUT2D eigenvalue weighted by Gasteiger charge is 2.15. The van der Waals surface area contributed by atoms with E-state index in [-0.39, 0.29) is 0 Å². The lowest BCUT2D eigenvalue weighted by molar-refractivity contribution is 0.0944. The molecule has 5 nitrogen and oxygen atoms in total. The summed E-state index contributed by atoms with van der Waals surface area (Å²) in [6.45, 7) is 6.10. The molecular formula is C13H20N4OS. The van der Waals surface area contributed by atoms with Gasteiger partial charge in [-0.3, -0.25) is 0 Å². The smallest absolute Gasteiger partial charge is 0.225 e. The van der Waals surface area contributed by atoms with Crippen LogP contribution in [0.2, 0.25) is 0 Å². The zero-order valence-corrected chi connectivity index (χ0v) is 12.6. The van der Waals surface area contributed by atoms with Crippen molar-refractivity contribution in [3.63, 3.8) is 0 Å². The van der Waals surface area contributed by atoms with Gasteiger partial charge in [0.05, 0.1) is 11.0 Å². The van der Waals surface area contributed by atoms with E-state index in [0.29, 0.717) is 12.5 Å². The van der Waals surface area contributed by atoms with Crippen molar-refractivity contribution in [2.45, 2.75) is 32.8 Å². The fraction of sp³-hybridized carbons (Fsp3) is 0.538. The van der Waals surface area contributed by atoms with E-state index in [4.69, 9.17) is 0 Å². The molecule has 104 valence electrons. The van der Waals surface area contributed by atoms with Crippen molar-refractivity contribution in [3.8, 4) is 0 Å². The summed E-state index contributed by atoms with van der Waals surface area (Å²) in [5, 5.41) is 17.0. The third-order valence-corrected chi connectivity index (χ3v) is 3.88. The van der Waals surface area contributed by atoms with E-state index in [9.17, 15) is 5.11 Å². The third-order valence-electron chi connectivity index (χ3n) is 2.70. The van der Waals surface area contributed by atoms with E-state index in [1.807, 2.05) is 0 Å². The molecule has 19 heavy (non-hydrogen) atoms. The number of anilines is 2. The van der Waals surface area contributed by atoms with Gasteiger partial charge in [0.25, 0.3) is 0 Å². The van der Waals surface area contributed by atoms with Gasteiger partial charge in [0.15, 0.2) is 0 Å². The summed E-state index contributed by atoms with van der Waals surface area (Å²) in [6, 6.07) is 2.12. The van der Waals surface area contributed by atoms with Crippen LogP contribution in [-0.2, 0) is 6.42 Å². The summed E-state index contributed by atoms with van der Waals surface area (Å²) >= 11 is 1.68. The van der Waals surface area contributed by atoms with Gasteiger partial charge in [-0.1, -0.05) is 6.92 Å². The topological polar surface area (TPSA) is 70.1 Å². The van der Waals surface area contributed by atoms with Crippen molar-refractivity contribution in [2.24, 2.45) is 0 Å². The van der Waals surface area contributed by atoms with Crippen molar-refractivity contribution < 1.29 is 5.11 Å². The van der Waals surface area contributed by atoms with Crippen LogP contribution in [0.5, 0.6) is 0 Å². The summed E-state index contributed by atoms with van der Waals surface area (Å²) in [5.74, 6) is 1.36. The first-order valence-corrected chi connectivity index (χ1v) is 7.19. The number of aliphatic hydroxyl groups is 1. The zero-order valence-electron chi connectivity index (χ0n) is 11.7. The van der Waals surface area contributed by atoms with E-state index < -0.39 is 5.60 Å². The van der Waals surface area contributed by atoms with Crippen molar-refractivity contribution in [1.29, 1.82) is 0 Å². The number of nitrogens with one attached hydrogen (secondary N) is 2. The fourth-order valence-electron chi connectivity index (χ4n) is 1.69. The number of hydrogen-bond donors (Lipinski definition) is 3. The summed E-state index contributed by atoms with van der Waals surface area (Å²) in [4.78, 5) is 11.1. The number of aryl methyl sites for hydroxylation is 1. The van der Waals surface area contributed by atoms with Gasteiger partial charge in [-0.05, 0) is 26.3 Å². The lowest BCUT2D eigenvalue weighted by Crippen LogP contribution is -2.29. The molecule has 0 unspecified atom stereocenters. The van der Waals surface area contributed by atoms with Crippen LogP contribution < -0.4 is 10.6 Å². The predicted molar refractivity (Wildman–Crippen MR) is 81.1 cm³/mol. The molecule has 0 aromatic carbocycles. The first kappa shape index (κ1) is 14.0. The number of fused-ring (bicyclic) bond motifs is 1. The molecule has 2 aromatic rings. The molecular weight excluding hydrogens is 260 g/mol. The maximum Gasteiger partial charge on any atom is 0.225 e. The lowest BCUT2D eigenvalue weighted by atomic mass is 10.1. The van der Waals surface area contributed by atoms with Crippen molar-refractivity contribution in [1.82, 2.24) is 9.97 Å². The van der Waals surface area contributed by atoms with Crippen LogP contribution in [0.1, 0.15) is 25.6 Å². The largest absolute Gasteiger partial charge is 0.389 e. The molecule has 0 saturated carbocycles. The Kier molecular flexibility index (Phi) is 3.91. The van der Waals surface area contributed by atoms with E-state index in [1.165, 1.54) is 4.88 Å². The third kappa shape index (κ3) is 3.33. The first-order valence-electron chi connectivity index (χ1n) is 6.37. The Bertz CT molecular complexity index is 574. The molecule has 6 heteroatoms. The highest BCUT2D eigenvalue weighted by molar-refractivity contribution is 7.18. The van der Waals surface area contributed by atoms with Gasteiger partial charge in [0.1, 0.15) is 10.6 Å². The fourth-order valence-corrected chi connectivity index (χ4v) is 2.66. The number of rotatable bonds is 5. The quantitative estimate of drug-likeness (QED) is 0.785. The van der Waals surface area contributed by atoms with Crippen molar-refractivity contribution in [3.05, 3.63) is 10.9 Å². The second-order valence-corrected chi connectivity index (χ2v) is 6.21. The van der Waals surface area contributed by atoms with Gasteiger partial charge in [-0.25, -0.2) is 4.98 Å². The summed E-state index contributed by atoms with van der Waals surface area (Å²) < 4.78 is 0. The zero-order chi connectivity index (χ0) is 14.0. The van der Waals surface area contributed by atoms with E-state index in [2.05, 4.69) is 33.6 Å². The first-order chi connectivity index (χ1) is 8.93. The maximum absolute atomic E-state index is 9.81. The Morgan fingerprint density at radius 1 is 1.37 bits per heavy atom. The molecule has 2 heterocycles. The number of aromatic nitrogens is 2. The van der Waals surface area contributed by atoms with Crippen molar-refractivity contribution >= 4 is 33.3 Å². The summed E-state index contributed by atoms with van der Waals surface area (Å²) in [6.07, 6.45) is 0.987. The minimum atomic E-state index is -0.777. The molecule has 0 aliphatic rings. The standard InChI is InChI=1S/C13H20N4OS/c1-5-8-6-9-10(15-7-13(2,3)18)16-12(14-4)17-11(9)19-8/h6,18H,5,7H2,1-4H3,(H2,14,15,16,17). The van der Waals surface area contributed by atoms with Crippen LogP contribution in [0, 0.1) is 0 Å². The van der Waals surface area contributed by atoms with Crippen LogP contribution in [-0.4, -0.2) is 34.3 Å². The molecule has 3 N–H and O–H groups in total. The minimum Gasteiger partial charge on any atom is -0.389 e. The monoisotopic (exact) mass is 280 g/mol. The highest BCUT2D eigenvalue weighted by Crippen LogP contribution is 2.30. The van der Waals surface area contributed by atoms with Crippen LogP contribution in [0.4, 0.5) is 11.8 Å². The van der Waals surface area contributed by atoms with Gasteiger partial charge in [0.2, 0.25) is 5.95 Å². The Morgan fingerprint density at radius 3 is 2.68 bits per heavy atom. The minimum absolute atomic E-state index is 0.444. The lowest BCUT2D eigenvalue weighted by Gasteiger charge is -2.18. The van der Waals surface area contributed by atoms with E-state index in [1.54, 1.807) is 32.2 Å². The van der Waals surface area contributed by atoms with E-state index in [0.717, 1.165) is 22.5 Å². The van der Waals surface area contributed by atoms with Crippen LogP contribution in [0.3, 0.4) is 0 Å². The highest BCUT2D eigenvalue weighted by atomic mass is 32.1. The molecule has 0 bridgehead atoms. The second kappa shape index (κ2) is 5.30. The predicted octanol–water partition coefficient (Wildman–Crippen LogP) is 2.48. The Balaban J connectivity index is 2.41. The number of thiophene rings is 1. The molecule has 0 atom stereocenters. The molecule has 0 aliphatic heterocycles. The van der Waals surface area contributed by atoms with E-state index >= 15 is 0 Å². The van der Waals surface area contributed by atoms with Gasteiger partial charge in [-0.15, -0.1) is 11.3 Å². The number of hydrogen-bond acceptors (Lipinski definition) is 6. The normalized spacial score (nSPS) is 11.8. The van der Waals surface area contributed by atoms with Gasteiger partial charge < -0.3 is 15.7 Å². The van der Waals surface area contributed by atoms with Gasteiger partial charge in [0, 0.05) is 18.5 Å².